The molecular weight excluding hydrogens is 344 g/mol. The van der Waals surface area contributed by atoms with Gasteiger partial charge in [0.05, 0.1) is 6.61 Å². The molecule has 0 unspecified atom stereocenters. The van der Waals surface area contributed by atoms with Crippen LogP contribution < -0.4 is 9.94 Å². The molecule has 124 valence electrons. The number of rotatable bonds is 4. The first kappa shape index (κ1) is 17.3. The first-order valence-electron chi connectivity index (χ1n) is 6.26. The molecule has 2 aromatic rings. The lowest BCUT2D eigenvalue weighted by atomic mass is 10.1. The maximum atomic E-state index is 11.7. The molecule has 0 atom stereocenters. The molecule has 9 nitrogen and oxygen atoms in total. The highest BCUT2D eigenvalue weighted by atomic mass is 32.2. The van der Waals surface area contributed by atoms with Crippen molar-refractivity contribution in [3.63, 3.8) is 0 Å². The summed E-state index contributed by atoms with van der Waals surface area (Å²) in [5.41, 5.74) is 1.47. The molecule has 0 spiro atoms. The Hall–Kier alpha value is -2.08. The van der Waals surface area contributed by atoms with E-state index in [9.17, 15) is 13.2 Å². The average molecular weight is 358 g/mol. The van der Waals surface area contributed by atoms with Crippen molar-refractivity contribution in [2.45, 2.75) is 17.6 Å². The van der Waals surface area contributed by atoms with Crippen LogP contribution in [0.5, 0.6) is 0 Å². The Bertz CT molecular complexity index is 868. The van der Waals surface area contributed by atoms with Crippen LogP contribution in [-0.2, 0) is 35.0 Å². The van der Waals surface area contributed by atoms with Crippen molar-refractivity contribution in [2.24, 2.45) is 17.2 Å². The minimum atomic E-state index is -3.95. The smallest absolute Gasteiger partial charge is 0.436 e. The molecule has 0 bridgehead atoms. The number of nitrogens with zero attached hydrogens (tertiary/aromatic N) is 3. The van der Waals surface area contributed by atoms with Crippen molar-refractivity contribution < 1.29 is 23.1 Å². The van der Waals surface area contributed by atoms with E-state index in [0.29, 0.717) is 11.3 Å². The standard InChI is InChI=1S/C12H14N4O5S2/c1-16-10(22-12(15-16)23(13,19)20)14-11(18)21-7-9-4-2-8(6-17)3-5-9/h2-5,17H,6-7H2,1H3,(H2,13,19,20)/b14-10-. The van der Waals surface area contributed by atoms with Crippen molar-refractivity contribution in [3.05, 3.63) is 40.2 Å². The first-order chi connectivity index (χ1) is 10.8. The van der Waals surface area contributed by atoms with Gasteiger partial charge in [-0.1, -0.05) is 35.6 Å². The Kier molecular flexibility index (Phi) is 5.26. The Morgan fingerprint density at radius 2 is 2.00 bits per heavy atom. The monoisotopic (exact) mass is 358 g/mol. The molecule has 0 aliphatic rings. The number of carbonyl (C=O) groups excluding carboxylic acids is 1. The predicted molar refractivity (Wildman–Crippen MR) is 80.6 cm³/mol. The number of benzene rings is 1. The summed E-state index contributed by atoms with van der Waals surface area (Å²) in [6.45, 7) is -0.0672. The van der Waals surface area contributed by atoms with Crippen LogP contribution in [0, 0.1) is 0 Å². The number of ether oxygens (including phenoxy) is 1. The minimum absolute atomic E-state index is 0.00138. The zero-order valence-corrected chi connectivity index (χ0v) is 13.7. The van der Waals surface area contributed by atoms with Gasteiger partial charge in [0.25, 0.3) is 10.0 Å². The van der Waals surface area contributed by atoms with Crippen molar-refractivity contribution in [3.8, 4) is 0 Å². The van der Waals surface area contributed by atoms with E-state index in [4.69, 9.17) is 15.0 Å². The summed E-state index contributed by atoms with van der Waals surface area (Å²) < 4.78 is 28.1. The molecule has 23 heavy (non-hydrogen) atoms. The highest BCUT2D eigenvalue weighted by Gasteiger charge is 2.15. The molecule has 1 heterocycles. The van der Waals surface area contributed by atoms with E-state index in [1.807, 2.05) is 0 Å². The van der Waals surface area contributed by atoms with Gasteiger partial charge in [0.1, 0.15) is 6.61 Å². The first-order valence-corrected chi connectivity index (χ1v) is 8.63. The van der Waals surface area contributed by atoms with E-state index >= 15 is 0 Å². The third-order valence-corrected chi connectivity index (χ3v) is 4.99. The summed E-state index contributed by atoms with van der Waals surface area (Å²) in [7, 11) is -2.51. The van der Waals surface area contributed by atoms with E-state index in [0.717, 1.165) is 15.8 Å². The molecule has 0 fully saturated rings. The molecule has 0 aliphatic carbocycles. The van der Waals surface area contributed by atoms with Gasteiger partial charge in [-0.05, 0) is 11.1 Å². The normalized spacial score (nSPS) is 12.4. The second-order valence-electron chi connectivity index (χ2n) is 4.46. The number of amides is 1. The average Bonchev–Trinajstić information content (AvgIpc) is 2.87. The minimum Gasteiger partial charge on any atom is -0.443 e. The van der Waals surface area contributed by atoms with Crippen LogP contribution in [0.3, 0.4) is 0 Å². The van der Waals surface area contributed by atoms with Crippen molar-refractivity contribution >= 4 is 27.5 Å². The van der Waals surface area contributed by atoms with E-state index in [1.54, 1.807) is 24.3 Å². The van der Waals surface area contributed by atoms with E-state index < -0.39 is 16.1 Å². The van der Waals surface area contributed by atoms with Gasteiger partial charge in [-0.2, -0.15) is 0 Å². The molecule has 0 saturated heterocycles. The molecule has 2 rings (SSSR count). The molecule has 3 N–H and O–H groups in total. The second-order valence-corrected chi connectivity index (χ2v) is 7.15. The van der Waals surface area contributed by atoms with E-state index in [1.165, 1.54) is 7.05 Å². The van der Waals surface area contributed by atoms with Crippen molar-refractivity contribution in [1.82, 2.24) is 9.78 Å². The van der Waals surface area contributed by atoms with Gasteiger partial charge in [-0.3, -0.25) is 0 Å². The lowest BCUT2D eigenvalue weighted by Gasteiger charge is -2.02. The van der Waals surface area contributed by atoms with Gasteiger partial charge in [-0.15, -0.1) is 10.1 Å². The topological polar surface area (TPSA) is 137 Å². The summed E-state index contributed by atoms with van der Waals surface area (Å²) in [6, 6.07) is 6.85. The number of aromatic nitrogens is 2. The summed E-state index contributed by atoms with van der Waals surface area (Å²) in [5.74, 6) is 0. The summed E-state index contributed by atoms with van der Waals surface area (Å²) in [4.78, 5) is 15.4. The number of aryl methyl sites for hydroxylation is 1. The fourth-order valence-corrected chi connectivity index (χ4v) is 3.07. The number of sulfonamides is 1. The van der Waals surface area contributed by atoms with Crippen LogP contribution in [-0.4, -0.2) is 29.4 Å². The largest absolute Gasteiger partial charge is 0.443 e. The number of aliphatic hydroxyl groups excluding tert-OH is 1. The number of aliphatic hydroxyl groups is 1. The predicted octanol–water partition coefficient (Wildman–Crippen LogP) is -0.141. The fourth-order valence-electron chi connectivity index (χ4n) is 1.54. The molecule has 1 amide bonds. The lowest BCUT2D eigenvalue weighted by Crippen LogP contribution is -2.15. The van der Waals surface area contributed by atoms with Gasteiger partial charge in [0.2, 0.25) is 9.14 Å². The maximum Gasteiger partial charge on any atom is 0.436 e. The number of hydrogen-bond acceptors (Lipinski definition) is 7. The fraction of sp³-hybridized carbons (Fsp3) is 0.250. The molecule has 0 saturated carbocycles. The Morgan fingerprint density at radius 3 is 2.52 bits per heavy atom. The van der Waals surface area contributed by atoms with Crippen LogP contribution in [0.1, 0.15) is 11.1 Å². The van der Waals surface area contributed by atoms with Crippen LogP contribution >= 0.6 is 11.3 Å². The summed E-state index contributed by atoms with van der Waals surface area (Å²) in [6.07, 6.45) is -0.878. The summed E-state index contributed by atoms with van der Waals surface area (Å²) >= 11 is 0.665. The molecular formula is C12H14N4O5S2. The Balaban J connectivity index is 2.08. The van der Waals surface area contributed by atoms with Gasteiger partial charge < -0.3 is 9.84 Å². The van der Waals surface area contributed by atoms with E-state index in [-0.39, 0.29) is 22.4 Å². The third-order valence-electron chi connectivity index (χ3n) is 2.69. The second kappa shape index (κ2) is 7.00. The third kappa shape index (κ3) is 4.69. The van der Waals surface area contributed by atoms with Gasteiger partial charge in [-0.25, -0.2) is 23.0 Å². The number of primary sulfonamides is 1. The van der Waals surface area contributed by atoms with Crippen LogP contribution in [0.2, 0.25) is 0 Å². The Labute approximate surface area is 135 Å². The molecule has 11 heteroatoms. The molecule has 0 radical (unpaired) electrons. The highest BCUT2D eigenvalue weighted by molar-refractivity contribution is 7.91. The lowest BCUT2D eigenvalue weighted by molar-refractivity contribution is 0.149. The van der Waals surface area contributed by atoms with Crippen LogP contribution in [0.4, 0.5) is 4.79 Å². The van der Waals surface area contributed by atoms with Crippen LogP contribution in [0.15, 0.2) is 33.6 Å². The van der Waals surface area contributed by atoms with E-state index in [2.05, 4.69) is 10.1 Å². The zero-order valence-electron chi connectivity index (χ0n) is 12.0. The molecule has 0 aliphatic heterocycles. The summed E-state index contributed by atoms with van der Waals surface area (Å²) in [5, 5.41) is 17.6. The van der Waals surface area contributed by atoms with Crippen molar-refractivity contribution in [2.75, 3.05) is 0 Å². The zero-order chi connectivity index (χ0) is 17.0. The quantitative estimate of drug-likeness (QED) is 0.780. The highest BCUT2D eigenvalue weighted by Crippen LogP contribution is 2.07. The van der Waals surface area contributed by atoms with Crippen molar-refractivity contribution in [1.29, 1.82) is 0 Å². The number of nitrogens with two attached hydrogens (primary N) is 1. The molecule has 1 aromatic carbocycles. The SMILES string of the molecule is Cn1nc(S(N)(=O)=O)s/c1=N\C(=O)OCc1ccc(CO)cc1. The maximum absolute atomic E-state index is 11.7. The van der Waals surface area contributed by atoms with Crippen LogP contribution in [0.25, 0.3) is 0 Å². The van der Waals surface area contributed by atoms with Gasteiger partial charge in [0, 0.05) is 7.05 Å². The van der Waals surface area contributed by atoms with Gasteiger partial charge >= 0.3 is 6.09 Å². The number of carbonyl (C=O) groups is 1. The van der Waals surface area contributed by atoms with Gasteiger partial charge in [0.15, 0.2) is 0 Å². The Morgan fingerprint density at radius 1 is 1.39 bits per heavy atom. The number of hydrogen-bond donors (Lipinski definition) is 2. The molecule has 1 aromatic heterocycles.